The Morgan fingerprint density at radius 3 is 3.00 bits per heavy atom. The van der Waals surface area contributed by atoms with E-state index in [1.54, 1.807) is 23.5 Å². The van der Waals surface area contributed by atoms with Gasteiger partial charge in [0.05, 0.1) is 11.9 Å². The monoisotopic (exact) mass is 330 g/mol. The average molecular weight is 330 g/mol. The molecule has 0 spiro atoms. The molecule has 1 aliphatic rings. The number of aryl methyl sites for hydroxylation is 2. The van der Waals surface area contributed by atoms with Crippen molar-refractivity contribution < 1.29 is 9.52 Å². The Morgan fingerprint density at radius 2 is 2.22 bits per heavy atom. The van der Waals surface area contributed by atoms with Crippen LogP contribution in [0.5, 0.6) is 0 Å². The first-order chi connectivity index (χ1) is 11.2. The fourth-order valence-electron chi connectivity index (χ4n) is 2.84. The van der Waals surface area contributed by atoms with Crippen molar-refractivity contribution in [1.29, 1.82) is 0 Å². The van der Waals surface area contributed by atoms with Crippen molar-refractivity contribution in [3.63, 3.8) is 0 Å². The van der Waals surface area contributed by atoms with Crippen LogP contribution in [0.1, 0.15) is 47.1 Å². The number of thiazole rings is 1. The second kappa shape index (κ2) is 5.90. The van der Waals surface area contributed by atoms with Gasteiger partial charge in [0.1, 0.15) is 29.1 Å². The van der Waals surface area contributed by atoms with E-state index in [9.17, 15) is 0 Å². The van der Waals surface area contributed by atoms with E-state index in [2.05, 4.69) is 17.2 Å². The van der Waals surface area contributed by atoms with Gasteiger partial charge >= 0.3 is 0 Å². The van der Waals surface area contributed by atoms with E-state index in [0.29, 0.717) is 17.2 Å². The van der Waals surface area contributed by atoms with Gasteiger partial charge in [-0.3, -0.25) is 0 Å². The smallest absolute Gasteiger partial charge is 0.156 e. The van der Waals surface area contributed by atoms with E-state index in [0.717, 1.165) is 17.8 Å². The molecule has 3 aromatic heterocycles. The van der Waals surface area contributed by atoms with Gasteiger partial charge in [0, 0.05) is 4.88 Å². The molecule has 1 atom stereocenters. The van der Waals surface area contributed by atoms with Gasteiger partial charge in [-0.2, -0.15) is 0 Å². The van der Waals surface area contributed by atoms with Gasteiger partial charge in [-0.05, 0) is 44.7 Å². The zero-order chi connectivity index (χ0) is 15.8. The zero-order valence-electron chi connectivity index (χ0n) is 12.9. The Hall–Kier alpha value is -1.99. The van der Waals surface area contributed by atoms with Gasteiger partial charge in [0.25, 0.3) is 0 Å². The molecule has 0 saturated carbocycles. The van der Waals surface area contributed by atoms with Crippen molar-refractivity contribution in [3.05, 3.63) is 39.7 Å². The van der Waals surface area contributed by atoms with Crippen molar-refractivity contribution in [2.45, 2.75) is 45.3 Å². The second-order valence-electron chi connectivity index (χ2n) is 5.81. The molecule has 0 saturated heterocycles. The summed E-state index contributed by atoms with van der Waals surface area (Å²) in [6.45, 7) is 1.97. The minimum atomic E-state index is -0.116. The highest BCUT2D eigenvalue weighted by molar-refractivity contribution is 7.11. The Morgan fingerprint density at radius 1 is 1.35 bits per heavy atom. The molecular weight excluding hydrogens is 312 g/mol. The number of hydrogen-bond acceptors (Lipinski definition) is 6. The Kier molecular flexibility index (Phi) is 3.74. The van der Waals surface area contributed by atoms with E-state index in [1.807, 2.05) is 10.9 Å². The molecule has 0 aromatic carbocycles. The predicted molar refractivity (Wildman–Crippen MR) is 86.2 cm³/mol. The molecule has 3 heterocycles. The fourth-order valence-corrected chi connectivity index (χ4v) is 4.04. The molecule has 0 bridgehead atoms. The molecule has 0 fully saturated rings. The maximum Gasteiger partial charge on any atom is 0.156 e. The summed E-state index contributed by atoms with van der Waals surface area (Å²) in [5.74, 6) is 1.14. The molecule has 3 aromatic rings. The zero-order valence-corrected chi connectivity index (χ0v) is 13.7. The lowest BCUT2D eigenvalue weighted by molar-refractivity contribution is 0.248. The molecule has 4 rings (SSSR count). The molecule has 0 unspecified atom stereocenters. The highest BCUT2D eigenvalue weighted by Crippen LogP contribution is 2.31. The molecule has 1 N–H and O–H groups in total. The number of nitrogens with zero attached hydrogens (tertiary/aromatic N) is 4. The van der Waals surface area contributed by atoms with Crippen LogP contribution in [0, 0.1) is 0 Å². The van der Waals surface area contributed by atoms with Crippen molar-refractivity contribution in [2.24, 2.45) is 0 Å². The molecule has 7 heteroatoms. The number of furan rings is 1. The van der Waals surface area contributed by atoms with Crippen LogP contribution in [0.4, 0.5) is 0 Å². The van der Waals surface area contributed by atoms with Gasteiger partial charge in [-0.1, -0.05) is 5.21 Å². The highest BCUT2D eigenvalue weighted by Gasteiger charge is 2.21. The summed E-state index contributed by atoms with van der Waals surface area (Å²) in [7, 11) is 0. The molecule has 120 valence electrons. The van der Waals surface area contributed by atoms with Gasteiger partial charge < -0.3 is 9.52 Å². The van der Waals surface area contributed by atoms with Crippen molar-refractivity contribution in [1.82, 2.24) is 20.0 Å². The number of aliphatic hydroxyl groups is 1. The SMILES string of the molecule is C[C@@H](c1nc2c(s1)CCCC2)n1cc(-c2ccc(CO)o2)nn1. The van der Waals surface area contributed by atoms with E-state index in [4.69, 9.17) is 14.5 Å². The van der Waals surface area contributed by atoms with Crippen LogP contribution in [0.3, 0.4) is 0 Å². The van der Waals surface area contributed by atoms with E-state index >= 15 is 0 Å². The van der Waals surface area contributed by atoms with E-state index in [-0.39, 0.29) is 12.6 Å². The lowest BCUT2D eigenvalue weighted by Gasteiger charge is -2.07. The van der Waals surface area contributed by atoms with Gasteiger partial charge in [-0.25, -0.2) is 9.67 Å². The van der Waals surface area contributed by atoms with Crippen LogP contribution in [0.2, 0.25) is 0 Å². The topological polar surface area (TPSA) is 77.0 Å². The Balaban J connectivity index is 1.59. The normalized spacial score (nSPS) is 15.6. The van der Waals surface area contributed by atoms with Crippen molar-refractivity contribution in [2.75, 3.05) is 0 Å². The van der Waals surface area contributed by atoms with Crippen molar-refractivity contribution in [3.8, 4) is 11.5 Å². The summed E-state index contributed by atoms with van der Waals surface area (Å²) >= 11 is 1.79. The Labute approximate surface area is 137 Å². The average Bonchev–Trinajstić information content (AvgIpc) is 3.30. The molecule has 0 aliphatic heterocycles. The van der Waals surface area contributed by atoms with Crippen LogP contribution in [0.15, 0.2) is 22.7 Å². The van der Waals surface area contributed by atoms with E-state index in [1.165, 1.54) is 23.4 Å². The van der Waals surface area contributed by atoms with Crippen LogP contribution in [-0.2, 0) is 19.4 Å². The first kappa shape index (κ1) is 14.6. The summed E-state index contributed by atoms with van der Waals surface area (Å²) in [5, 5.41) is 18.6. The lowest BCUT2D eigenvalue weighted by Crippen LogP contribution is -2.07. The van der Waals surface area contributed by atoms with Crippen molar-refractivity contribution >= 4 is 11.3 Å². The fraction of sp³-hybridized carbons (Fsp3) is 0.438. The van der Waals surface area contributed by atoms with Gasteiger partial charge in [0.15, 0.2) is 5.76 Å². The lowest BCUT2D eigenvalue weighted by atomic mass is 10.0. The quantitative estimate of drug-likeness (QED) is 0.796. The summed E-state index contributed by atoms with van der Waals surface area (Å²) in [4.78, 5) is 6.23. The number of aromatic nitrogens is 4. The summed E-state index contributed by atoms with van der Waals surface area (Å²) in [6, 6.07) is 3.60. The number of aliphatic hydroxyl groups excluding tert-OH is 1. The summed E-state index contributed by atoms with van der Waals surface area (Å²) in [5.41, 5.74) is 1.93. The molecule has 23 heavy (non-hydrogen) atoms. The molecule has 0 amide bonds. The summed E-state index contributed by atoms with van der Waals surface area (Å²) < 4.78 is 7.33. The second-order valence-corrected chi connectivity index (χ2v) is 6.93. The molecule has 6 nitrogen and oxygen atoms in total. The maximum absolute atomic E-state index is 9.08. The van der Waals surface area contributed by atoms with Crippen LogP contribution in [-0.4, -0.2) is 25.1 Å². The largest absolute Gasteiger partial charge is 0.457 e. The third-order valence-corrected chi connectivity index (χ3v) is 5.52. The number of rotatable bonds is 4. The molecule has 1 aliphatic carbocycles. The predicted octanol–water partition coefficient (Wildman–Crippen LogP) is 2.98. The third kappa shape index (κ3) is 2.70. The summed E-state index contributed by atoms with van der Waals surface area (Å²) in [6.07, 6.45) is 6.62. The number of hydrogen-bond donors (Lipinski definition) is 1. The minimum Gasteiger partial charge on any atom is -0.457 e. The highest BCUT2D eigenvalue weighted by atomic mass is 32.1. The minimum absolute atomic E-state index is 0.0547. The Bertz CT molecular complexity index is 796. The molecular formula is C16H18N4O2S. The first-order valence-corrected chi connectivity index (χ1v) is 8.66. The third-order valence-electron chi connectivity index (χ3n) is 4.20. The van der Waals surface area contributed by atoms with Gasteiger partial charge in [0.2, 0.25) is 0 Å². The van der Waals surface area contributed by atoms with Gasteiger partial charge in [-0.15, -0.1) is 16.4 Å². The van der Waals surface area contributed by atoms with E-state index < -0.39 is 0 Å². The molecule has 0 radical (unpaired) electrons. The first-order valence-electron chi connectivity index (χ1n) is 7.85. The van der Waals surface area contributed by atoms with Crippen LogP contribution in [0.25, 0.3) is 11.5 Å². The maximum atomic E-state index is 9.08. The standard InChI is InChI=1S/C16H18N4O2S/c1-10(16-17-12-4-2-3-5-15(12)23-16)20-8-13(18-19-20)14-7-6-11(9-21)22-14/h6-8,10,21H,2-5,9H2,1H3/t10-/m0/s1. The van der Waals surface area contributed by atoms with Crippen LogP contribution < -0.4 is 0 Å². The number of fused-ring (bicyclic) bond motifs is 1. The van der Waals surface area contributed by atoms with Crippen LogP contribution >= 0.6 is 11.3 Å².